The lowest BCUT2D eigenvalue weighted by atomic mass is 9.81. The van der Waals surface area contributed by atoms with E-state index >= 15 is 0 Å². The molecule has 0 aromatic carbocycles. The third-order valence-corrected chi connectivity index (χ3v) is 32.9. The van der Waals surface area contributed by atoms with Crippen molar-refractivity contribution in [1.29, 1.82) is 0 Å². The minimum Gasteiger partial charge on any atom is -0.432 e. The Hall–Kier alpha value is -2.23. The first kappa shape index (κ1) is 85.9. The Bertz CT molecular complexity index is 3490. The summed E-state index contributed by atoms with van der Waals surface area (Å²) < 4.78 is 128. The number of hydrogen-bond donors (Lipinski definition) is 5. The van der Waals surface area contributed by atoms with Gasteiger partial charge in [-0.2, -0.15) is 0 Å². The van der Waals surface area contributed by atoms with Gasteiger partial charge < -0.3 is 116 Å². The highest BCUT2D eigenvalue weighted by molar-refractivity contribution is 6.70. The number of nitrogens with two attached hydrogens (primary N) is 1. The summed E-state index contributed by atoms with van der Waals surface area (Å²) in [6.45, 7) is 31.8. The fourth-order valence-electron chi connectivity index (χ4n) is 23.8. The molecule has 24 bridgehead atoms. The molecule has 0 radical (unpaired) electrons. The Kier molecular flexibility index (Phi) is 26.1. The topological polar surface area (TPSA) is 308 Å². The molecule has 20 aliphatic rings. The number of rotatable bonds is 16. The molecule has 20 aliphatic heterocycles. The normalized spacial score (nSPS) is 48.5. The van der Waals surface area contributed by atoms with E-state index < -0.39 is 46.5 Å². The number of Topliss-reactive ketones (excluding diaryl/α,β-unsaturated/α-hetero) is 2. The number of fused-ring (bicyclic) bond motifs is 12. The Morgan fingerprint density at radius 3 is 1.34 bits per heavy atom. The second-order valence-corrected chi connectivity index (χ2v) is 48.0. The Balaban J connectivity index is 0.000000167. The summed E-state index contributed by atoms with van der Waals surface area (Å²) >= 11 is 0. The number of hydrogen-bond acceptors (Lipinski definition) is 26. The van der Waals surface area contributed by atoms with Crippen molar-refractivity contribution < 1.29 is 114 Å². The van der Waals surface area contributed by atoms with Crippen molar-refractivity contribution >= 4 is 28.2 Å². The fraction of sp³-hybridized carbons (Fsp3) is 0.886. The van der Waals surface area contributed by atoms with Crippen LogP contribution in [-0.2, 0) is 99.6 Å². The monoisotopic (exact) mass is 1660 g/mol. The van der Waals surface area contributed by atoms with Crippen molar-refractivity contribution in [2.75, 3.05) is 40.5 Å². The highest BCUT2D eigenvalue weighted by Crippen LogP contribution is 2.58. The molecule has 38 atom stereocenters. The highest BCUT2D eigenvalue weighted by Gasteiger charge is 2.71. The Morgan fingerprint density at radius 1 is 0.466 bits per heavy atom. The molecule has 116 heavy (non-hydrogen) atoms. The minimum absolute atomic E-state index is 0.0208. The zero-order valence-electron chi connectivity index (χ0n) is 70.2. The zero-order chi connectivity index (χ0) is 81.0. The molecule has 28 heteroatoms. The van der Waals surface area contributed by atoms with Crippen molar-refractivity contribution in [3.8, 4) is 0 Å². The number of aliphatic hydroxyl groups excluding tert-OH is 1. The molecule has 20 saturated heterocycles. The molecule has 20 heterocycles. The first-order chi connectivity index (χ1) is 55.5. The molecule has 20 rings (SSSR count). The van der Waals surface area contributed by atoms with Crippen LogP contribution in [0.4, 0.5) is 0 Å². The number of methoxy groups -OCH3 is 2. The third-order valence-electron chi connectivity index (χ3n) is 30.0. The van der Waals surface area contributed by atoms with Crippen LogP contribution in [0.15, 0.2) is 48.6 Å². The summed E-state index contributed by atoms with van der Waals surface area (Å²) in [5.74, 6) is -1.26. The van der Waals surface area contributed by atoms with Crippen molar-refractivity contribution in [3.05, 3.63) is 48.6 Å². The van der Waals surface area contributed by atoms with E-state index in [1.54, 1.807) is 14.2 Å². The van der Waals surface area contributed by atoms with Crippen LogP contribution < -0.4 is 11.1 Å². The summed E-state index contributed by atoms with van der Waals surface area (Å²) in [6, 6.07) is 1.33. The van der Waals surface area contributed by atoms with Gasteiger partial charge in [0.15, 0.2) is 28.2 Å². The average molecular weight is 1660 g/mol. The summed E-state index contributed by atoms with van der Waals surface area (Å²) in [4.78, 5) is 49.2. The summed E-state index contributed by atoms with van der Waals surface area (Å²) in [7, 11) is -1.09. The maximum atomic E-state index is 14.3. The maximum Gasteiger partial charge on any atom is 0.184 e. The SMILES string of the molecule is C=C1C[C@@H]2CC[C@@]34C[C@H]5OC6[C@@H](O[C@H]7CC[C@H](CC(=O)CC8[C@H](C[C@H]9O[C@@H](CC[C@@H]1O2)C[C@@H](C)C9=C)O[C@H](C[C@@H](CN)OCC[Si](C)(C)O)[C@@H]8OC)O[C@@H]7[C@@H]6O3)C5O4.C=C1C[C@@H]2CC[C@@]34C[C@H]5O[C@@H]6[C@@H](O3)[C@H]3O[C@H](CC[C@@H]3O[C@H]6C5O4)CC(=O)C[C@@H]3[C@@H](OC)[C@@H](C[C@H](O)CNCC[Si](C)(C)O)O[C@H]3C[C@H]3O[C@@H](CC[C@@H]1O2)C[C@@H](C)C3=C. The standard InChI is InChI=1S/2C44H69NO12Si/c1-23-15-28-7-9-32-24(2)16-30(50-32)11-12-44-21-37-40(56-44)41-42(55-37)43(57-44)39-33(54-41)10-8-29(52-39)17-26(46)18-31-35(20-34(51-28)25(23)3)53-36(38(31)49-4)19-27(47)22-45-13-14-58(5,6)48;1-23-15-27-7-9-32-24(2)16-29(50-32)11-12-44-21-37-40(56-44)41-42(55-37)43(57-44)39-33(54-41)10-8-28(52-39)17-26(46)18-31-35(20-34(51-27)25(23)3)53-36(38(31)48-4)19-30(22-45)49-13-14-58(5,6)47/h23,27-43,45,47-48H,2-3,7-22H2,1,4-6H3;23,27-43,47H,2-3,7-22,45H2,1,4-6H3/t23-,27+,28+,29-,30+,31+,32+,33+,34-,35+,36-,37-,38-,39+,40?,41+,42+,43+,44+;23-,27+,28-,29+,30+,31?,32+,33+,34-,35+,36-,37-,38-,39+,40?,41+,42?,43+,44+/m11/s1. The molecule has 2 spiro atoms. The fourth-order valence-corrected chi connectivity index (χ4v) is 25.2. The number of ketones is 2. The molecule has 6 N–H and O–H groups in total. The van der Waals surface area contributed by atoms with Crippen molar-refractivity contribution in [1.82, 2.24) is 5.32 Å². The van der Waals surface area contributed by atoms with Gasteiger partial charge in [0, 0.05) is 123 Å². The first-order valence-corrected chi connectivity index (χ1v) is 51.4. The maximum absolute atomic E-state index is 14.3. The number of nitrogens with one attached hydrogen (secondary N) is 1. The van der Waals surface area contributed by atoms with Gasteiger partial charge in [0.1, 0.15) is 72.6 Å². The van der Waals surface area contributed by atoms with Crippen LogP contribution in [0.1, 0.15) is 181 Å². The molecule has 26 nitrogen and oxygen atoms in total. The van der Waals surface area contributed by atoms with Gasteiger partial charge in [-0.1, -0.05) is 40.2 Å². The number of ether oxygens (including phenoxy) is 19. The van der Waals surface area contributed by atoms with Gasteiger partial charge in [-0.3, -0.25) is 9.59 Å². The third kappa shape index (κ3) is 18.4. The van der Waals surface area contributed by atoms with Crippen LogP contribution >= 0.6 is 0 Å². The van der Waals surface area contributed by atoms with Crippen LogP contribution in [0.5, 0.6) is 0 Å². The Morgan fingerprint density at radius 2 is 0.888 bits per heavy atom. The van der Waals surface area contributed by atoms with E-state index in [-0.39, 0.29) is 238 Å². The predicted molar refractivity (Wildman–Crippen MR) is 429 cm³/mol. The second-order valence-electron chi connectivity index (χ2n) is 39.8. The molecule has 0 aromatic rings. The molecule has 0 aliphatic carbocycles. The summed E-state index contributed by atoms with van der Waals surface area (Å²) in [5, 5.41) is 14.5. The predicted octanol–water partition coefficient (Wildman–Crippen LogP) is 8.93. The molecule has 4 unspecified atom stereocenters. The zero-order valence-corrected chi connectivity index (χ0v) is 72.2. The average Bonchev–Trinajstić information content (AvgIpc) is 1.55. The van der Waals surface area contributed by atoms with Gasteiger partial charge >= 0.3 is 0 Å². The van der Waals surface area contributed by atoms with E-state index in [0.29, 0.717) is 96.1 Å². The first-order valence-electron chi connectivity index (χ1n) is 45.1. The van der Waals surface area contributed by atoms with E-state index in [9.17, 15) is 24.3 Å². The number of aliphatic hydroxyl groups is 1. The van der Waals surface area contributed by atoms with Crippen LogP contribution in [0.3, 0.4) is 0 Å². The molecule has 0 amide bonds. The Labute approximate surface area is 688 Å². The van der Waals surface area contributed by atoms with Crippen LogP contribution in [0.25, 0.3) is 0 Å². The van der Waals surface area contributed by atoms with E-state index in [1.165, 1.54) is 0 Å². The van der Waals surface area contributed by atoms with Gasteiger partial charge in [-0.25, -0.2) is 0 Å². The summed E-state index contributed by atoms with van der Waals surface area (Å²) in [6.07, 6.45) is 10.2. The molecule has 20 fully saturated rings. The number of carbonyl (C=O) groups is 2. The minimum atomic E-state index is -2.28. The summed E-state index contributed by atoms with van der Waals surface area (Å²) in [5.41, 5.74) is 10.6. The van der Waals surface area contributed by atoms with E-state index in [2.05, 4.69) is 45.5 Å². The van der Waals surface area contributed by atoms with Crippen LogP contribution in [-0.4, -0.2) is 290 Å². The van der Waals surface area contributed by atoms with Crippen LogP contribution in [0.2, 0.25) is 38.3 Å². The number of carbonyl (C=O) groups excluding carboxylic acids is 2. The highest BCUT2D eigenvalue weighted by atomic mass is 28.4. The lowest BCUT2D eigenvalue weighted by molar-refractivity contribution is -0.292. The van der Waals surface area contributed by atoms with Gasteiger partial charge in [-0.15, -0.1) is 0 Å². The smallest absolute Gasteiger partial charge is 0.184 e. The molecule has 0 saturated carbocycles. The van der Waals surface area contributed by atoms with Crippen molar-refractivity contribution in [3.63, 3.8) is 0 Å². The lowest BCUT2D eigenvalue weighted by Gasteiger charge is -2.47. The lowest BCUT2D eigenvalue weighted by Crippen LogP contribution is -2.61. The van der Waals surface area contributed by atoms with Gasteiger partial charge in [0.05, 0.1) is 134 Å². The quantitative estimate of drug-likeness (QED) is 0.0547. The van der Waals surface area contributed by atoms with Gasteiger partial charge in [0.2, 0.25) is 0 Å². The van der Waals surface area contributed by atoms with Crippen molar-refractivity contribution in [2.24, 2.45) is 29.4 Å². The molecule has 652 valence electrons. The van der Waals surface area contributed by atoms with Crippen LogP contribution in [0, 0.1) is 23.7 Å². The molecular formula is C88H138N2O24Si2. The molecule has 0 aromatic heterocycles. The molecular weight excluding hydrogens is 1530 g/mol. The van der Waals surface area contributed by atoms with E-state index in [1.807, 2.05) is 26.2 Å². The second kappa shape index (κ2) is 35.3. The van der Waals surface area contributed by atoms with Crippen molar-refractivity contribution in [2.45, 2.75) is 426 Å². The van der Waals surface area contributed by atoms with E-state index in [0.717, 1.165) is 106 Å². The van der Waals surface area contributed by atoms with Gasteiger partial charge in [-0.05, 0) is 169 Å². The van der Waals surface area contributed by atoms with E-state index in [4.69, 9.17) is 95.7 Å². The largest absolute Gasteiger partial charge is 0.432 e. The van der Waals surface area contributed by atoms with Gasteiger partial charge in [0.25, 0.3) is 0 Å².